The lowest BCUT2D eigenvalue weighted by Crippen LogP contribution is -2.21. The van der Waals surface area contributed by atoms with Crippen LogP contribution in [0.4, 0.5) is 0 Å². The van der Waals surface area contributed by atoms with Crippen LogP contribution in [0.1, 0.15) is 98.3 Å². The molecule has 0 spiro atoms. The predicted molar refractivity (Wildman–Crippen MR) is 128 cm³/mol. The summed E-state index contributed by atoms with van der Waals surface area (Å²) in [6.45, 7) is 10.7. The van der Waals surface area contributed by atoms with E-state index in [-0.39, 0.29) is 35.5 Å². The molecule has 1 fully saturated rings. The van der Waals surface area contributed by atoms with E-state index in [1.54, 1.807) is 0 Å². The van der Waals surface area contributed by atoms with Gasteiger partial charge in [-0.3, -0.25) is 14.4 Å². The summed E-state index contributed by atoms with van der Waals surface area (Å²) in [4.78, 5) is 35.4. The smallest absolute Gasteiger partial charge is 0.308 e. The molecule has 0 aliphatic carbocycles. The van der Waals surface area contributed by atoms with Crippen molar-refractivity contribution >= 4 is 17.9 Å². The van der Waals surface area contributed by atoms with E-state index in [1.807, 2.05) is 6.92 Å². The fraction of sp³-hybridized carbons (Fsp3) is 0.885. The molecule has 1 rings (SSSR count). The van der Waals surface area contributed by atoms with E-state index in [2.05, 4.69) is 20.8 Å². The normalized spacial score (nSPS) is 16.1. The number of carbonyl (C=O) groups is 3. The minimum absolute atomic E-state index is 0.0164. The quantitative estimate of drug-likeness (QED) is 0.103. The van der Waals surface area contributed by atoms with Gasteiger partial charge in [-0.25, -0.2) is 0 Å². The summed E-state index contributed by atoms with van der Waals surface area (Å²) in [5.74, 6) is -0.628. The minimum Gasteiger partial charge on any atom is -0.466 e. The number of epoxide rings is 1. The maximum absolute atomic E-state index is 12.0. The zero-order valence-corrected chi connectivity index (χ0v) is 21.7. The van der Waals surface area contributed by atoms with Gasteiger partial charge in [0.25, 0.3) is 0 Å². The Balaban J connectivity index is 1.84. The number of unbranched alkanes of at least 4 members (excludes halogenated alkanes) is 5. The summed E-state index contributed by atoms with van der Waals surface area (Å²) in [6.07, 6.45) is 7.76. The van der Waals surface area contributed by atoms with E-state index in [9.17, 15) is 14.4 Å². The Hall–Kier alpha value is -1.67. The van der Waals surface area contributed by atoms with Crippen LogP contribution >= 0.6 is 0 Å². The summed E-state index contributed by atoms with van der Waals surface area (Å²) < 4.78 is 26.0. The number of hydrogen-bond donors (Lipinski definition) is 0. The van der Waals surface area contributed by atoms with Crippen molar-refractivity contribution in [2.75, 3.05) is 33.0 Å². The van der Waals surface area contributed by atoms with Crippen molar-refractivity contribution in [3.63, 3.8) is 0 Å². The fourth-order valence-electron chi connectivity index (χ4n) is 3.48. The number of hydrogen-bond acceptors (Lipinski definition) is 8. The largest absolute Gasteiger partial charge is 0.466 e. The maximum Gasteiger partial charge on any atom is 0.308 e. The van der Waals surface area contributed by atoms with E-state index in [0.717, 1.165) is 57.8 Å². The molecule has 0 aromatic heterocycles. The van der Waals surface area contributed by atoms with Crippen LogP contribution in [0, 0.1) is 11.3 Å². The van der Waals surface area contributed by atoms with Crippen molar-refractivity contribution in [1.82, 2.24) is 0 Å². The van der Waals surface area contributed by atoms with Crippen LogP contribution in [0.2, 0.25) is 0 Å². The van der Waals surface area contributed by atoms with Gasteiger partial charge in [-0.15, -0.1) is 0 Å². The fourth-order valence-corrected chi connectivity index (χ4v) is 3.48. The lowest BCUT2D eigenvalue weighted by atomic mass is 9.85. The van der Waals surface area contributed by atoms with Gasteiger partial charge in [0.15, 0.2) is 6.29 Å². The monoisotopic (exact) mass is 486 g/mol. The van der Waals surface area contributed by atoms with Crippen LogP contribution in [0.3, 0.4) is 0 Å². The number of carbonyl (C=O) groups excluding carboxylic acids is 3. The summed E-state index contributed by atoms with van der Waals surface area (Å²) in [6, 6.07) is 0. The van der Waals surface area contributed by atoms with Crippen LogP contribution in [0.25, 0.3) is 0 Å². The molecule has 198 valence electrons. The van der Waals surface area contributed by atoms with Gasteiger partial charge in [0, 0.05) is 19.4 Å². The van der Waals surface area contributed by atoms with E-state index in [0.29, 0.717) is 45.9 Å². The molecule has 0 aromatic carbocycles. The molecule has 1 aliphatic heterocycles. The Labute approximate surface area is 205 Å². The van der Waals surface area contributed by atoms with Crippen molar-refractivity contribution in [3.8, 4) is 0 Å². The third-order valence-electron chi connectivity index (χ3n) is 5.29. The molecule has 34 heavy (non-hydrogen) atoms. The summed E-state index contributed by atoms with van der Waals surface area (Å²) in [5.41, 5.74) is 0.103. The molecule has 0 saturated carbocycles. The molecular weight excluding hydrogens is 440 g/mol. The van der Waals surface area contributed by atoms with Crippen LogP contribution in [0.15, 0.2) is 0 Å². The molecular formula is C26H46O8. The van der Waals surface area contributed by atoms with Gasteiger partial charge in [-0.05, 0) is 63.2 Å². The van der Waals surface area contributed by atoms with Gasteiger partial charge in [0.1, 0.15) is 6.61 Å². The number of esters is 3. The Morgan fingerprint density at radius 2 is 1.24 bits per heavy atom. The second-order valence-corrected chi connectivity index (χ2v) is 10.2. The predicted octanol–water partition coefficient (Wildman–Crippen LogP) is 4.96. The van der Waals surface area contributed by atoms with Crippen molar-refractivity contribution < 1.29 is 38.1 Å². The summed E-state index contributed by atoms with van der Waals surface area (Å²) in [5, 5.41) is 0. The highest BCUT2D eigenvalue weighted by Crippen LogP contribution is 2.24. The van der Waals surface area contributed by atoms with Crippen LogP contribution in [-0.4, -0.2) is 57.2 Å². The van der Waals surface area contributed by atoms with Crippen molar-refractivity contribution in [3.05, 3.63) is 0 Å². The lowest BCUT2D eigenvalue weighted by molar-refractivity contribution is -0.149. The molecule has 8 heteroatoms. The molecule has 0 N–H and O–H groups in total. The minimum atomic E-state index is -0.201. The summed E-state index contributed by atoms with van der Waals surface area (Å²) in [7, 11) is 0. The van der Waals surface area contributed by atoms with Crippen LogP contribution in [0.5, 0.6) is 0 Å². The second-order valence-electron chi connectivity index (χ2n) is 10.2. The van der Waals surface area contributed by atoms with E-state index < -0.39 is 0 Å². The first-order valence-electron chi connectivity index (χ1n) is 12.9. The van der Waals surface area contributed by atoms with Crippen LogP contribution < -0.4 is 0 Å². The van der Waals surface area contributed by atoms with Gasteiger partial charge in [0.05, 0.1) is 25.7 Å². The SMILES string of the molecule is CC(CC(C)(C)C)C(=O)OCCCCCC(=O)OCCCCCC(=O)OCCCCOC1CO1. The van der Waals surface area contributed by atoms with E-state index >= 15 is 0 Å². The first kappa shape index (κ1) is 30.4. The molecule has 0 radical (unpaired) electrons. The Kier molecular flexibility index (Phi) is 15.8. The molecule has 0 amide bonds. The average molecular weight is 487 g/mol. The van der Waals surface area contributed by atoms with E-state index in [1.165, 1.54) is 0 Å². The zero-order chi connectivity index (χ0) is 25.2. The average Bonchev–Trinajstić information content (AvgIpc) is 3.58. The highest BCUT2D eigenvalue weighted by atomic mass is 16.8. The molecule has 2 atom stereocenters. The second kappa shape index (κ2) is 17.7. The topological polar surface area (TPSA) is 101 Å². The Morgan fingerprint density at radius 1 is 0.765 bits per heavy atom. The van der Waals surface area contributed by atoms with Crippen molar-refractivity contribution in [1.29, 1.82) is 0 Å². The molecule has 0 aromatic rings. The molecule has 2 unspecified atom stereocenters. The van der Waals surface area contributed by atoms with Crippen LogP contribution in [-0.2, 0) is 38.1 Å². The first-order valence-corrected chi connectivity index (χ1v) is 12.9. The van der Waals surface area contributed by atoms with Gasteiger partial charge >= 0.3 is 17.9 Å². The number of ether oxygens (including phenoxy) is 5. The molecule has 0 bridgehead atoms. The Morgan fingerprint density at radius 3 is 1.74 bits per heavy atom. The highest BCUT2D eigenvalue weighted by Gasteiger charge is 2.22. The molecule has 1 saturated heterocycles. The third kappa shape index (κ3) is 18.7. The molecule has 1 aliphatic rings. The standard InChI is InChI=1S/C26H46O8/c1-21(19-26(2,3)4)25(29)33-18-10-6-8-14-22(27)30-15-9-5-7-13-23(28)31-16-11-12-17-32-24-20-34-24/h21,24H,5-20H2,1-4H3. The zero-order valence-electron chi connectivity index (χ0n) is 21.7. The van der Waals surface area contributed by atoms with Gasteiger partial charge in [-0.1, -0.05) is 27.7 Å². The summed E-state index contributed by atoms with van der Waals surface area (Å²) >= 11 is 0. The van der Waals surface area contributed by atoms with Crippen molar-refractivity contribution in [2.45, 2.75) is 105 Å². The van der Waals surface area contributed by atoms with Gasteiger partial charge in [-0.2, -0.15) is 0 Å². The first-order chi connectivity index (χ1) is 16.2. The maximum atomic E-state index is 12.0. The molecule has 1 heterocycles. The van der Waals surface area contributed by atoms with Crippen molar-refractivity contribution in [2.24, 2.45) is 11.3 Å². The highest BCUT2D eigenvalue weighted by molar-refractivity contribution is 5.72. The molecule has 8 nitrogen and oxygen atoms in total. The van der Waals surface area contributed by atoms with Gasteiger partial charge < -0.3 is 23.7 Å². The lowest BCUT2D eigenvalue weighted by Gasteiger charge is -2.22. The van der Waals surface area contributed by atoms with Gasteiger partial charge in [0.2, 0.25) is 0 Å². The number of rotatable bonds is 20. The third-order valence-corrected chi connectivity index (χ3v) is 5.29. The Bertz CT molecular complexity index is 580. The van der Waals surface area contributed by atoms with E-state index in [4.69, 9.17) is 23.7 Å².